The predicted molar refractivity (Wildman–Crippen MR) is 83.4 cm³/mol. The molecule has 0 aliphatic heterocycles. The molecule has 0 aromatic heterocycles. The summed E-state index contributed by atoms with van der Waals surface area (Å²) < 4.78 is 0. The summed E-state index contributed by atoms with van der Waals surface area (Å²) in [6.45, 7) is 4.37. The van der Waals surface area contributed by atoms with Crippen molar-refractivity contribution in [2.24, 2.45) is 11.3 Å². The maximum atomic E-state index is 12.7. The second-order valence-electron chi connectivity index (χ2n) is 6.26. The topological polar surface area (TPSA) is 29.1 Å². The molecule has 1 saturated carbocycles. The lowest BCUT2D eigenvalue weighted by Gasteiger charge is -2.29. The van der Waals surface area contributed by atoms with Gasteiger partial charge in [-0.15, -0.1) is 6.42 Å². The Morgan fingerprint density at radius 3 is 2.70 bits per heavy atom. The van der Waals surface area contributed by atoms with Gasteiger partial charge in [0.15, 0.2) is 0 Å². The number of anilines is 1. The summed E-state index contributed by atoms with van der Waals surface area (Å²) in [5, 5.41) is 3.07. The van der Waals surface area contributed by atoms with Gasteiger partial charge in [-0.1, -0.05) is 38.7 Å². The third-order valence-corrected chi connectivity index (χ3v) is 4.13. The van der Waals surface area contributed by atoms with Crippen molar-refractivity contribution >= 4 is 11.6 Å². The summed E-state index contributed by atoms with van der Waals surface area (Å²) in [7, 11) is 0. The molecule has 1 N–H and O–H groups in total. The lowest BCUT2D eigenvalue weighted by atomic mass is 9.77. The van der Waals surface area contributed by atoms with Crippen LogP contribution in [0.25, 0.3) is 0 Å². The summed E-state index contributed by atoms with van der Waals surface area (Å²) in [4.78, 5) is 12.7. The zero-order valence-corrected chi connectivity index (χ0v) is 12.4. The number of nitrogens with one attached hydrogen (secondary N) is 1. The van der Waals surface area contributed by atoms with Crippen LogP contribution in [0.1, 0.15) is 51.5 Å². The molecule has 20 heavy (non-hydrogen) atoms. The van der Waals surface area contributed by atoms with Crippen molar-refractivity contribution in [3.05, 3.63) is 29.8 Å². The van der Waals surface area contributed by atoms with Crippen LogP contribution >= 0.6 is 0 Å². The van der Waals surface area contributed by atoms with E-state index < -0.39 is 0 Å². The minimum absolute atomic E-state index is 0.165. The highest BCUT2D eigenvalue weighted by Gasteiger charge is 2.41. The van der Waals surface area contributed by atoms with E-state index in [1.165, 1.54) is 0 Å². The average Bonchev–Trinajstić information content (AvgIpc) is 2.88. The SMILES string of the molecule is C#Cc1cccc(NC(=O)C2(CC(C)C)CCCC2)c1. The van der Waals surface area contributed by atoms with E-state index in [-0.39, 0.29) is 11.3 Å². The zero-order valence-electron chi connectivity index (χ0n) is 12.4. The molecule has 1 aromatic rings. The molecule has 0 radical (unpaired) electrons. The van der Waals surface area contributed by atoms with Gasteiger partial charge in [-0.3, -0.25) is 4.79 Å². The molecule has 1 fully saturated rings. The third kappa shape index (κ3) is 3.22. The molecule has 106 valence electrons. The van der Waals surface area contributed by atoms with Crippen molar-refractivity contribution in [2.45, 2.75) is 46.0 Å². The lowest BCUT2D eigenvalue weighted by Crippen LogP contribution is -2.35. The number of carbonyl (C=O) groups is 1. The number of hydrogen-bond acceptors (Lipinski definition) is 1. The van der Waals surface area contributed by atoms with Gasteiger partial charge >= 0.3 is 0 Å². The van der Waals surface area contributed by atoms with Gasteiger partial charge in [-0.25, -0.2) is 0 Å². The largest absolute Gasteiger partial charge is 0.326 e. The van der Waals surface area contributed by atoms with Gasteiger partial charge in [0.05, 0.1) is 0 Å². The number of terminal acetylenes is 1. The second kappa shape index (κ2) is 6.13. The first-order chi connectivity index (χ1) is 9.55. The molecule has 2 heteroatoms. The van der Waals surface area contributed by atoms with Gasteiger partial charge in [0.1, 0.15) is 0 Å². The first kappa shape index (κ1) is 14.7. The monoisotopic (exact) mass is 269 g/mol. The van der Waals surface area contributed by atoms with Crippen LogP contribution in [-0.4, -0.2) is 5.91 Å². The Hall–Kier alpha value is -1.75. The molecule has 1 aliphatic carbocycles. The average molecular weight is 269 g/mol. The molecule has 1 aliphatic rings. The fourth-order valence-corrected chi connectivity index (χ4v) is 3.31. The summed E-state index contributed by atoms with van der Waals surface area (Å²) in [5.74, 6) is 3.30. The summed E-state index contributed by atoms with van der Waals surface area (Å²) in [6, 6.07) is 7.51. The van der Waals surface area contributed by atoms with Crippen LogP contribution in [0.3, 0.4) is 0 Å². The van der Waals surface area contributed by atoms with Crippen molar-refractivity contribution < 1.29 is 4.79 Å². The Bertz CT molecular complexity index is 518. The van der Waals surface area contributed by atoms with E-state index in [4.69, 9.17) is 6.42 Å². The first-order valence-electron chi connectivity index (χ1n) is 7.44. The van der Waals surface area contributed by atoms with Crippen LogP contribution in [-0.2, 0) is 4.79 Å². The van der Waals surface area contributed by atoms with Crippen LogP contribution in [0, 0.1) is 23.7 Å². The third-order valence-electron chi connectivity index (χ3n) is 4.13. The van der Waals surface area contributed by atoms with E-state index in [0.717, 1.165) is 43.4 Å². The molecule has 0 bridgehead atoms. The highest BCUT2D eigenvalue weighted by Crippen LogP contribution is 2.44. The summed E-state index contributed by atoms with van der Waals surface area (Å²) in [5.41, 5.74) is 1.42. The highest BCUT2D eigenvalue weighted by molar-refractivity contribution is 5.95. The van der Waals surface area contributed by atoms with Crippen LogP contribution in [0.5, 0.6) is 0 Å². The van der Waals surface area contributed by atoms with E-state index in [9.17, 15) is 4.79 Å². The molecule has 2 rings (SSSR count). The molecule has 0 saturated heterocycles. The number of hydrogen-bond donors (Lipinski definition) is 1. The number of rotatable bonds is 4. The Labute approximate surface area is 122 Å². The molecule has 0 heterocycles. The summed E-state index contributed by atoms with van der Waals surface area (Å²) in [6.07, 6.45) is 10.7. The van der Waals surface area contributed by atoms with Crippen LogP contribution in [0.2, 0.25) is 0 Å². The maximum Gasteiger partial charge on any atom is 0.230 e. The van der Waals surface area contributed by atoms with Gasteiger partial charge in [0, 0.05) is 16.7 Å². The van der Waals surface area contributed by atoms with Crippen LogP contribution in [0.15, 0.2) is 24.3 Å². The molecule has 1 amide bonds. The van der Waals surface area contributed by atoms with E-state index in [1.54, 1.807) is 0 Å². The van der Waals surface area contributed by atoms with E-state index in [1.807, 2.05) is 24.3 Å². The molecule has 0 unspecified atom stereocenters. The van der Waals surface area contributed by atoms with Crippen molar-refractivity contribution in [1.82, 2.24) is 0 Å². The van der Waals surface area contributed by atoms with Gasteiger partial charge in [-0.05, 0) is 43.4 Å². The highest BCUT2D eigenvalue weighted by atomic mass is 16.2. The van der Waals surface area contributed by atoms with Crippen LogP contribution < -0.4 is 5.32 Å². The Morgan fingerprint density at radius 2 is 2.10 bits per heavy atom. The van der Waals surface area contributed by atoms with Crippen LogP contribution in [0.4, 0.5) is 5.69 Å². The quantitative estimate of drug-likeness (QED) is 0.815. The zero-order chi connectivity index (χ0) is 14.6. The minimum atomic E-state index is -0.180. The Balaban J connectivity index is 2.14. The second-order valence-corrected chi connectivity index (χ2v) is 6.26. The predicted octanol–water partition coefficient (Wildman–Crippen LogP) is 4.21. The Kier molecular flexibility index (Phi) is 4.49. The van der Waals surface area contributed by atoms with Crippen molar-refractivity contribution in [2.75, 3.05) is 5.32 Å². The minimum Gasteiger partial charge on any atom is -0.326 e. The van der Waals surface area contributed by atoms with Gasteiger partial charge in [-0.2, -0.15) is 0 Å². The molecule has 2 nitrogen and oxygen atoms in total. The smallest absolute Gasteiger partial charge is 0.230 e. The molecule has 0 spiro atoms. The van der Waals surface area contributed by atoms with Gasteiger partial charge in [0.2, 0.25) is 5.91 Å². The first-order valence-corrected chi connectivity index (χ1v) is 7.44. The molecular weight excluding hydrogens is 246 g/mol. The van der Waals surface area contributed by atoms with E-state index in [2.05, 4.69) is 25.1 Å². The maximum absolute atomic E-state index is 12.7. The lowest BCUT2D eigenvalue weighted by molar-refractivity contribution is -0.126. The number of amides is 1. The van der Waals surface area contributed by atoms with Gasteiger partial charge < -0.3 is 5.32 Å². The number of benzene rings is 1. The van der Waals surface area contributed by atoms with Crippen molar-refractivity contribution in [3.8, 4) is 12.3 Å². The van der Waals surface area contributed by atoms with E-state index in [0.29, 0.717) is 5.92 Å². The summed E-state index contributed by atoms with van der Waals surface area (Å²) >= 11 is 0. The molecular formula is C18H23NO. The standard InChI is InChI=1S/C18H23NO/c1-4-15-8-7-9-16(12-15)19-17(20)18(13-14(2)3)10-5-6-11-18/h1,7-9,12,14H,5-6,10-11,13H2,2-3H3,(H,19,20). The van der Waals surface area contributed by atoms with E-state index >= 15 is 0 Å². The van der Waals surface area contributed by atoms with Crippen molar-refractivity contribution in [1.29, 1.82) is 0 Å². The Morgan fingerprint density at radius 1 is 1.40 bits per heavy atom. The van der Waals surface area contributed by atoms with Gasteiger partial charge in [0.25, 0.3) is 0 Å². The normalized spacial score (nSPS) is 16.9. The number of carbonyl (C=O) groups excluding carboxylic acids is 1. The van der Waals surface area contributed by atoms with Crippen molar-refractivity contribution in [3.63, 3.8) is 0 Å². The molecule has 0 atom stereocenters. The fourth-order valence-electron chi connectivity index (χ4n) is 3.31. The fraction of sp³-hybridized carbons (Fsp3) is 0.500. The molecule has 1 aromatic carbocycles.